The molecule has 4 rings (SSSR count). The van der Waals surface area contributed by atoms with E-state index >= 15 is 0 Å². The van der Waals surface area contributed by atoms with Gasteiger partial charge in [0.25, 0.3) is 0 Å². The molecule has 0 bridgehead atoms. The Morgan fingerprint density at radius 1 is 1.00 bits per heavy atom. The molecule has 0 aromatic heterocycles. The highest BCUT2D eigenvalue weighted by atomic mass is 14.3. The summed E-state index contributed by atoms with van der Waals surface area (Å²) in [5.41, 5.74) is 7.50. The lowest BCUT2D eigenvalue weighted by Gasteiger charge is -2.25. The van der Waals surface area contributed by atoms with E-state index in [1.807, 2.05) is 0 Å². The Labute approximate surface area is 114 Å². The van der Waals surface area contributed by atoms with Crippen LogP contribution in [0.3, 0.4) is 0 Å². The van der Waals surface area contributed by atoms with E-state index in [1.165, 1.54) is 33.0 Å². The fourth-order valence-corrected chi connectivity index (χ4v) is 3.59. The molecule has 0 spiro atoms. The van der Waals surface area contributed by atoms with Gasteiger partial charge in [0.1, 0.15) is 0 Å². The van der Waals surface area contributed by atoms with E-state index in [-0.39, 0.29) is 0 Å². The van der Waals surface area contributed by atoms with Crippen molar-refractivity contribution in [2.75, 3.05) is 0 Å². The van der Waals surface area contributed by atoms with E-state index in [4.69, 9.17) is 0 Å². The van der Waals surface area contributed by atoms with Crippen LogP contribution >= 0.6 is 0 Å². The highest BCUT2D eigenvalue weighted by molar-refractivity contribution is 6.03. The fraction of sp³-hybridized carbons (Fsp3) is 0.263. The monoisotopic (exact) mass is 246 g/mol. The Bertz CT molecular complexity index is 742. The van der Waals surface area contributed by atoms with Gasteiger partial charge in [0.2, 0.25) is 0 Å². The standard InChI is InChI=1S/C19H18/c1-12(2)16-10-8-15-7-6-13-4-3-5-14-9-11-17(16)19(15)18(13)14/h3-4,6-10,12H,5,11H2,1-2H3. The average Bonchev–Trinajstić information content (AvgIpc) is 2.44. The molecule has 0 amide bonds. The van der Waals surface area contributed by atoms with Gasteiger partial charge in [0.05, 0.1) is 0 Å². The molecule has 0 heterocycles. The maximum Gasteiger partial charge on any atom is -0.00645 e. The Morgan fingerprint density at radius 3 is 2.68 bits per heavy atom. The minimum atomic E-state index is 0.601. The van der Waals surface area contributed by atoms with Crippen LogP contribution in [0.1, 0.15) is 48.4 Å². The molecule has 19 heavy (non-hydrogen) atoms. The second-order valence-electron chi connectivity index (χ2n) is 5.96. The van der Waals surface area contributed by atoms with Gasteiger partial charge >= 0.3 is 0 Å². The lowest BCUT2D eigenvalue weighted by molar-refractivity contribution is 0.853. The van der Waals surface area contributed by atoms with Crippen LogP contribution in [-0.2, 0) is 6.42 Å². The summed E-state index contributed by atoms with van der Waals surface area (Å²) >= 11 is 0. The summed E-state index contributed by atoms with van der Waals surface area (Å²) in [6.07, 6.45) is 9.21. The molecule has 0 heteroatoms. The molecular formula is C19H18. The zero-order valence-electron chi connectivity index (χ0n) is 11.5. The Hall–Kier alpha value is -1.82. The molecule has 2 aromatic carbocycles. The number of benzene rings is 2. The van der Waals surface area contributed by atoms with Gasteiger partial charge < -0.3 is 0 Å². The summed E-state index contributed by atoms with van der Waals surface area (Å²) in [5, 5.41) is 2.92. The van der Waals surface area contributed by atoms with Crippen LogP contribution in [0.25, 0.3) is 22.4 Å². The van der Waals surface area contributed by atoms with Crippen LogP contribution in [0.5, 0.6) is 0 Å². The minimum Gasteiger partial charge on any atom is -0.0795 e. The maximum absolute atomic E-state index is 2.44. The zero-order valence-corrected chi connectivity index (χ0v) is 11.5. The van der Waals surface area contributed by atoms with Gasteiger partial charge in [-0.05, 0) is 57.4 Å². The highest BCUT2D eigenvalue weighted by Crippen LogP contribution is 2.42. The lowest BCUT2D eigenvalue weighted by atomic mass is 9.79. The molecule has 0 saturated carbocycles. The molecule has 2 aliphatic rings. The van der Waals surface area contributed by atoms with E-state index in [0.29, 0.717) is 5.92 Å². The van der Waals surface area contributed by atoms with Crippen LogP contribution < -0.4 is 0 Å². The van der Waals surface area contributed by atoms with Crippen molar-refractivity contribution in [2.24, 2.45) is 0 Å². The Balaban J connectivity index is 2.17. The third kappa shape index (κ3) is 1.46. The van der Waals surface area contributed by atoms with Crippen molar-refractivity contribution >= 4 is 22.4 Å². The van der Waals surface area contributed by atoms with Crippen LogP contribution in [0.2, 0.25) is 0 Å². The van der Waals surface area contributed by atoms with Crippen LogP contribution in [0.15, 0.2) is 36.4 Å². The van der Waals surface area contributed by atoms with Gasteiger partial charge in [0.15, 0.2) is 0 Å². The van der Waals surface area contributed by atoms with Crippen molar-refractivity contribution in [3.63, 3.8) is 0 Å². The number of hydrogen-bond acceptors (Lipinski definition) is 0. The highest BCUT2D eigenvalue weighted by Gasteiger charge is 2.21. The van der Waals surface area contributed by atoms with Gasteiger partial charge in [0, 0.05) is 0 Å². The molecule has 94 valence electrons. The molecule has 0 N–H and O–H groups in total. The van der Waals surface area contributed by atoms with Crippen molar-refractivity contribution in [1.29, 1.82) is 0 Å². The van der Waals surface area contributed by atoms with E-state index in [1.54, 1.807) is 5.56 Å². The van der Waals surface area contributed by atoms with Crippen molar-refractivity contribution < 1.29 is 0 Å². The summed E-state index contributed by atoms with van der Waals surface area (Å²) in [5.74, 6) is 0.601. The normalized spacial score (nSPS) is 16.1. The van der Waals surface area contributed by atoms with E-state index < -0.39 is 0 Å². The molecule has 0 aliphatic heterocycles. The van der Waals surface area contributed by atoms with Crippen molar-refractivity contribution in [1.82, 2.24) is 0 Å². The number of rotatable bonds is 1. The number of hydrogen-bond donors (Lipinski definition) is 0. The third-order valence-corrected chi connectivity index (χ3v) is 4.49. The third-order valence-electron chi connectivity index (χ3n) is 4.49. The predicted molar refractivity (Wildman–Crippen MR) is 83.4 cm³/mol. The van der Waals surface area contributed by atoms with Gasteiger partial charge in [-0.2, -0.15) is 0 Å². The van der Waals surface area contributed by atoms with Crippen LogP contribution in [0.4, 0.5) is 0 Å². The molecule has 0 nitrogen and oxygen atoms in total. The minimum absolute atomic E-state index is 0.601. The second-order valence-corrected chi connectivity index (χ2v) is 5.96. The largest absolute Gasteiger partial charge is 0.0795 e. The van der Waals surface area contributed by atoms with Gasteiger partial charge in [-0.15, -0.1) is 0 Å². The summed E-state index contributed by atoms with van der Waals surface area (Å²) in [6, 6.07) is 9.17. The lowest BCUT2D eigenvalue weighted by Crippen LogP contribution is -2.06. The Morgan fingerprint density at radius 2 is 1.84 bits per heavy atom. The predicted octanol–water partition coefficient (Wildman–Crippen LogP) is 5.32. The fourth-order valence-electron chi connectivity index (χ4n) is 3.59. The molecular weight excluding hydrogens is 228 g/mol. The average molecular weight is 246 g/mol. The molecule has 0 saturated heterocycles. The summed E-state index contributed by atoms with van der Waals surface area (Å²) in [4.78, 5) is 0. The molecule has 0 radical (unpaired) electrons. The SMILES string of the molecule is CC(C)c1ccc2ccc3c4c2c1CC=C4CC=C3. The smallest absolute Gasteiger partial charge is 0.00645 e. The summed E-state index contributed by atoms with van der Waals surface area (Å²) in [6.45, 7) is 4.60. The quantitative estimate of drug-likeness (QED) is 0.639. The van der Waals surface area contributed by atoms with Gasteiger partial charge in [-0.25, -0.2) is 0 Å². The Kier molecular flexibility index (Phi) is 2.23. The molecule has 0 atom stereocenters. The molecule has 0 fully saturated rings. The van der Waals surface area contributed by atoms with E-state index in [9.17, 15) is 0 Å². The van der Waals surface area contributed by atoms with E-state index in [2.05, 4.69) is 56.3 Å². The summed E-state index contributed by atoms with van der Waals surface area (Å²) < 4.78 is 0. The van der Waals surface area contributed by atoms with Gasteiger partial charge in [-0.1, -0.05) is 56.3 Å². The van der Waals surface area contributed by atoms with Crippen LogP contribution in [-0.4, -0.2) is 0 Å². The van der Waals surface area contributed by atoms with Crippen molar-refractivity contribution in [2.45, 2.75) is 32.6 Å². The first-order chi connectivity index (χ1) is 9.25. The molecule has 0 unspecified atom stereocenters. The first-order valence-electron chi connectivity index (χ1n) is 7.20. The first kappa shape index (κ1) is 11.0. The maximum atomic E-state index is 2.44. The van der Waals surface area contributed by atoms with Crippen LogP contribution in [0, 0.1) is 0 Å². The van der Waals surface area contributed by atoms with Crippen molar-refractivity contribution in [3.05, 3.63) is 58.7 Å². The zero-order chi connectivity index (χ0) is 13.0. The molecule has 2 aromatic rings. The van der Waals surface area contributed by atoms with Gasteiger partial charge in [-0.3, -0.25) is 0 Å². The first-order valence-corrected chi connectivity index (χ1v) is 7.20. The topological polar surface area (TPSA) is 0 Å². The van der Waals surface area contributed by atoms with Crippen molar-refractivity contribution in [3.8, 4) is 0 Å². The summed E-state index contributed by atoms with van der Waals surface area (Å²) in [7, 11) is 0. The molecule has 2 aliphatic carbocycles. The second kappa shape index (κ2) is 3.84. The number of allylic oxidation sites excluding steroid dienone is 3. The van der Waals surface area contributed by atoms with E-state index in [0.717, 1.165) is 12.8 Å².